The van der Waals surface area contributed by atoms with Gasteiger partial charge in [-0.25, -0.2) is 8.42 Å². The third kappa shape index (κ3) is 5.48. The molecule has 0 fully saturated rings. The number of carbonyl (C=O) groups is 1. The van der Waals surface area contributed by atoms with Crippen LogP contribution in [0.3, 0.4) is 0 Å². The summed E-state index contributed by atoms with van der Waals surface area (Å²) in [4.78, 5) is 12.6. The van der Waals surface area contributed by atoms with Gasteiger partial charge in [0.25, 0.3) is 0 Å². The highest BCUT2D eigenvalue weighted by atomic mass is 32.2. The number of rotatable bonds is 8. The molecular formula is C21H28N2O4S. The van der Waals surface area contributed by atoms with Crippen LogP contribution in [0.1, 0.15) is 36.6 Å². The molecule has 2 aromatic rings. The van der Waals surface area contributed by atoms with Crippen molar-refractivity contribution in [3.05, 3.63) is 59.2 Å². The minimum atomic E-state index is -3.61. The van der Waals surface area contributed by atoms with Crippen molar-refractivity contribution in [3.63, 3.8) is 0 Å². The zero-order valence-corrected chi connectivity index (χ0v) is 17.8. The van der Waals surface area contributed by atoms with E-state index in [0.717, 1.165) is 33.0 Å². The van der Waals surface area contributed by atoms with Gasteiger partial charge in [-0.1, -0.05) is 30.3 Å². The molecule has 0 saturated carbocycles. The summed E-state index contributed by atoms with van der Waals surface area (Å²) in [7, 11) is -3.61. The number of amides is 1. The number of ether oxygens (including phenoxy) is 1. The van der Waals surface area contributed by atoms with E-state index in [1.165, 1.54) is 0 Å². The van der Waals surface area contributed by atoms with Gasteiger partial charge in [0.1, 0.15) is 12.3 Å². The van der Waals surface area contributed by atoms with Gasteiger partial charge in [-0.05, 0) is 56.5 Å². The molecule has 2 aromatic carbocycles. The van der Waals surface area contributed by atoms with Crippen LogP contribution in [0.2, 0.25) is 0 Å². The van der Waals surface area contributed by atoms with E-state index in [1.807, 2.05) is 70.2 Å². The molecule has 0 aromatic heterocycles. The first-order valence-electron chi connectivity index (χ1n) is 9.19. The third-order valence-corrected chi connectivity index (χ3v) is 5.56. The maximum absolute atomic E-state index is 12.6. The first-order valence-corrected chi connectivity index (χ1v) is 11.0. The SMILES string of the molecule is CCOc1ccc([C@@H](C)NC(=O)CN(c2c(C)cccc2C)S(C)(=O)=O)cc1. The fourth-order valence-corrected chi connectivity index (χ4v) is 4.05. The molecule has 0 aliphatic carbocycles. The van der Waals surface area contributed by atoms with E-state index < -0.39 is 10.0 Å². The maximum atomic E-state index is 12.6. The van der Waals surface area contributed by atoms with Gasteiger partial charge in [-0.15, -0.1) is 0 Å². The molecule has 1 amide bonds. The van der Waals surface area contributed by atoms with Gasteiger partial charge in [0, 0.05) is 0 Å². The predicted molar refractivity (Wildman–Crippen MR) is 112 cm³/mol. The van der Waals surface area contributed by atoms with Crippen molar-refractivity contribution < 1.29 is 17.9 Å². The lowest BCUT2D eigenvalue weighted by atomic mass is 10.1. The molecule has 0 heterocycles. The number of aryl methyl sites for hydroxylation is 2. The standard InChI is InChI=1S/C21H28N2O4S/c1-6-27-19-12-10-18(11-13-19)17(4)22-20(24)14-23(28(5,25)26)21-15(2)8-7-9-16(21)3/h7-13,17H,6,14H2,1-5H3,(H,22,24)/t17-/m1/s1. The summed E-state index contributed by atoms with van der Waals surface area (Å²) in [6.45, 7) is 7.76. The topological polar surface area (TPSA) is 75.7 Å². The third-order valence-electron chi connectivity index (χ3n) is 4.45. The molecule has 28 heavy (non-hydrogen) atoms. The largest absolute Gasteiger partial charge is 0.494 e. The van der Waals surface area contributed by atoms with Crippen molar-refractivity contribution in [1.82, 2.24) is 5.32 Å². The smallest absolute Gasteiger partial charge is 0.241 e. The fraction of sp³-hybridized carbons (Fsp3) is 0.381. The normalized spacial score (nSPS) is 12.3. The minimum Gasteiger partial charge on any atom is -0.494 e. The van der Waals surface area contributed by atoms with E-state index in [2.05, 4.69) is 5.32 Å². The van der Waals surface area contributed by atoms with Crippen molar-refractivity contribution in [2.24, 2.45) is 0 Å². The van der Waals surface area contributed by atoms with Crippen LogP contribution in [0.15, 0.2) is 42.5 Å². The summed E-state index contributed by atoms with van der Waals surface area (Å²) in [6.07, 6.45) is 1.11. The van der Waals surface area contributed by atoms with E-state index in [9.17, 15) is 13.2 Å². The van der Waals surface area contributed by atoms with Crippen LogP contribution in [0.25, 0.3) is 0 Å². The molecule has 152 valence electrons. The number of anilines is 1. The van der Waals surface area contributed by atoms with Crippen LogP contribution in [0, 0.1) is 13.8 Å². The molecule has 2 rings (SSSR count). The molecule has 1 N–H and O–H groups in total. The highest BCUT2D eigenvalue weighted by molar-refractivity contribution is 7.92. The molecule has 1 atom stereocenters. The number of sulfonamides is 1. The number of carbonyl (C=O) groups excluding carboxylic acids is 1. The molecular weight excluding hydrogens is 376 g/mol. The van der Waals surface area contributed by atoms with Crippen LogP contribution in [0.4, 0.5) is 5.69 Å². The van der Waals surface area contributed by atoms with Crippen LogP contribution in [-0.2, 0) is 14.8 Å². The highest BCUT2D eigenvalue weighted by Crippen LogP contribution is 2.26. The summed E-state index contributed by atoms with van der Waals surface area (Å²) >= 11 is 0. The van der Waals surface area contributed by atoms with Gasteiger partial charge >= 0.3 is 0 Å². The zero-order valence-electron chi connectivity index (χ0n) is 17.0. The summed E-state index contributed by atoms with van der Waals surface area (Å²) in [5.74, 6) is 0.400. The highest BCUT2D eigenvalue weighted by Gasteiger charge is 2.24. The molecule has 0 spiro atoms. The monoisotopic (exact) mass is 404 g/mol. The predicted octanol–water partition coefficient (Wildman–Crippen LogP) is 3.35. The second-order valence-corrected chi connectivity index (χ2v) is 8.71. The van der Waals surface area contributed by atoms with E-state index >= 15 is 0 Å². The first-order chi connectivity index (χ1) is 13.1. The van der Waals surface area contributed by atoms with E-state index in [4.69, 9.17) is 4.74 Å². The molecule has 0 saturated heterocycles. The number of benzene rings is 2. The second kappa shape index (κ2) is 9.10. The average molecular weight is 405 g/mol. The quantitative estimate of drug-likeness (QED) is 0.732. The lowest BCUT2D eigenvalue weighted by Crippen LogP contribution is -2.41. The number of hydrogen-bond acceptors (Lipinski definition) is 4. The number of nitrogens with one attached hydrogen (secondary N) is 1. The molecule has 0 radical (unpaired) electrons. The van der Waals surface area contributed by atoms with Gasteiger partial charge in [-0.3, -0.25) is 9.10 Å². The Morgan fingerprint density at radius 1 is 1.11 bits per heavy atom. The number of para-hydroxylation sites is 1. The van der Waals surface area contributed by atoms with Crippen LogP contribution in [-0.4, -0.2) is 33.7 Å². The van der Waals surface area contributed by atoms with Crippen molar-refractivity contribution in [2.75, 3.05) is 23.7 Å². The molecule has 0 aliphatic rings. The van der Waals surface area contributed by atoms with Crippen LogP contribution in [0.5, 0.6) is 5.75 Å². The van der Waals surface area contributed by atoms with Gasteiger partial charge in [0.15, 0.2) is 0 Å². The zero-order chi connectivity index (χ0) is 20.9. The summed E-state index contributed by atoms with van der Waals surface area (Å²) in [5, 5.41) is 2.87. The summed E-state index contributed by atoms with van der Waals surface area (Å²) in [6, 6.07) is 12.7. The Labute approximate surface area is 167 Å². The molecule has 7 heteroatoms. The van der Waals surface area contributed by atoms with Gasteiger partial charge in [0.05, 0.1) is 24.6 Å². The van der Waals surface area contributed by atoms with Gasteiger partial charge in [-0.2, -0.15) is 0 Å². The van der Waals surface area contributed by atoms with Crippen LogP contribution < -0.4 is 14.4 Å². The minimum absolute atomic E-state index is 0.262. The molecule has 6 nitrogen and oxygen atoms in total. The van der Waals surface area contributed by atoms with E-state index in [0.29, 0.717) is 12.3 Å². The Morgan fingerprint density at radius 2 is 1.68 bits per heavy atom. The fourth-order valence-electron chi connectivity index (χ4n) is 3.08. The van der Waals surface area contributed by atoms with E-state index in [1.54, 1.807) is 0 Å². The summed E-state index contributed by atoms with van der Waals surface area (Å²) in [5.41, 5.74) is 3.07. The lowest BCUT2D eigenvalue weighted by Gasteiger charge is -2.26. The number of hydrogen-bond donors (Lipinski definition) is 1. The maximum Gasteiger partial charge on any atom is 0.241 e. The Balaban J connectivity index is 2.16. The van der Waals surface area contributed by atoms with Crippen molar-refractivity contribution in [1.29, 1.82) is 0 Å². The van der Waals surface area contributed by atoms with Crippen molar-refractivity contribution in [3.8, 4) is 5.75 Å². The summed E-state index contributed by atoms with van der Waals surface area (Å²) < 4.78 is 31.3. The van der Waals surface area contributed by atoms with Crippen molar-refractivity contribution in [2.45, 2.75) is 33.7 Å². The van der Waals surface area contributed by atoms with Gasteiger partial charge < -0.3 is 10.1 Å². The Hall–Kier alpha value is -2.54. The average Bonchev–Trinajstić information content (AvgIpc) is 2.60. The Kier molecular flexibility index (Phi) is 7.07. The van der Waals surface area contributed by atoms with Gasteiger partial charge in [0.2, 0.25) is 15.9 Å². The second-order valence-electron chi connectivity index (χ2n) is 6.80. The lowest BCUT2D eigenvalue weighted by molar-refractivity contribution is -0.120. The molecule has 0 aliphatic heterocycles. The Bertz CT molecular complexity index is 904. The Morgan fingerprint density at radius 3 is 2.18 bits per heavy atom. The van der Waals surface area contributed by atoms with Crippen molar-refractivity contribution >= 4 is 21.6 Å². The molecule has 0 unspecified atom stereocenters. The first kappa shape index (κ1) is 21.8. The number of nitrogens with zero attached hydrogens (tertiary/aromatic N) is 1. The molecule has 0 bridgehead atoms. The van der Waals surface area contributed by atoms with Crippen LogP contribution >= 0.6 is 0 Å². The van der Waals surface area contributed by atoms with E-state index in [-0.39, 0.29) is 18.5 Å².